The lowest BCUT2D eigenvalue weighted by Gasteiger charge is -2.18. The standard InChI is InChI=1S/C23H24FN5O3/c1-13-9-10-26-20-19(13)28-29(21(20)22(25)30)16-6-3-14(4-7-16)12-27-23(31)17-11-15(24)5-8-18(17)32-2/h3-8,11,13,26H,9-10,12H2,1-2H3,(H2,25,30)(H,27,31). The van der Waals surface area contributed by atoms with Crippen molar-refractivity contribution in [1.82, 2.24) is 15.1 Å². The summed E-state index contributed by atoms with van der Waals surface area (Å²) in [5.41, 5.74) is 9.11. The number of hydrogen-bond donors (Lipinski definition) is 3. The molecule has 1 aromatic heterocycles. The van der Waals surface area contributed by atoms with Crippen molar-refractivity contribution < 1.29 is 18.7 Å². The minimum absolute atomic E-state index is 0.124. The fraction of sp³-hybridized carbons (Fsp3) is 0.261. The molecule has 4 N–H and O–H groups in total. The van der Waals surface area contributed by atoms with Crippen molar-refractivity contribution in [2.24, 2.45) is 5.73 Å². The van der Waals surface area contributed by atoms with Crippen LogP contribution < -0.4 is 21.1 Å². The number of amides is 2. The van der Waals surface area contributed by atoms with E-state index < -0.39 is 17.6 Å². The van der Waals surface area contributed by atoms with Gasteiger partial charge >= 0.3 is 0 Å². The number of anilines is 1. The van der Waals surface area contributed by atoms with Gasteiger partial charge in [-0.25, -0.2) is 9.07 Å². The van der Waals surface area contributed by atoms with Crippen molar-refractivity contribution in [3.63, 3.8) is 0 Å². The third-order valence-electron chi connectivity index (χ3n) is 5.53. The number of carbonyl (C=O) groups excluding carboxylic acids is 2. The quantitative estimate of drug-likeness (QED) is 0.549. The van der Waals surface area contributed by atoms with Crippen LogP contribution in [0, 0.1) is 5.82 Å². The number of carbonyl (C=O) groups is 2. The Morgan fingerprint density at radius 3 is 2.72 bits per heavy atom. The lowest BCUT2D eigenvalue weighted by molar-refractivity contribution is 0.0946. The maximum absolute atomic E-state index is 13.5. The number of methoxy groups -OCH3 is 1. The van der Waals surface area contributed by atoms with Gasteiger partial charge < -0.3 is 21.1 Å². The number of nitrogens with zero attached hydrogens (tertiary/aromatic N) is 2. The van der Waals surface area contributed by atoms with E-state index in [2.05, 4.69) is 22.7 Å². The van der Waals surface area contributed by atoms with Gasteiger partial charge in [-0.15, -0.1) is 0 Å². The molecule has 1 atom stereocenters. The van der Waals surface area contributed by atoms with Crippen LogP contribution in [0.3, 0.4) is 0 Å². The van der Waals surface area contributed by atoms with Crippen LogP contribution in [0.5, 0.6) is 5.75 Å². The number of primary amides is 1. The molecule has 166 valence electrons. The first-order valence-electron chi connectivity index (χ1n) is 10.3. The smallest absolute Gasteiger partial charge is 0.269 e. The molecule has 4 rings (SSSR count). The molecule has 2 amide bonds. The lowest BCUT2D eigenvalue weighted by Crippen LogP contribution is -2.23. The molecule has 0 saturated carbocycles. The van der Waals surface area contributed by atoms with E-state index in [-0.39, 0.29) is 18.0 Å². The monoisotopic (exact) mass is 437 g/mol. The Morgan fingerprint density at radius 1 is 1.28 bits per heavy atom. The number of nitrogens with one attached hydrogen (secondary N) is 2. The van der Waals surface area contributed by atoms with Crippen molar-refractivity contribution in [2.75, 3.05) is 19.0 Å². The lowest BCUT2D eigenvalue weighted by atomic mass is 9.98. The Balaban J connectivity index is 1.53. The van der Waals surface area contributed by atoms with Gasteiger partial charge in [0.15, 0.2) is 5.69 Å². The zero-order chi connectivity index (χ0) is 22.8. The van der Waals surface area contributed by atoms with Crippen molar-refractivity contribution in [1.29, 1.82) is 0 Å². The number of halogens is 1. The van der Waals surface area contributed by atoms with Crippen molar-refractivity contribution in [2.45, 2.75) is 25.8 Å². The summed E-state index contributed by atoms with van der Waals surface area (Å²) >= 11 is 0. The molecule has 1 aliphatic rings. The average Bonchev–Trinajstić information content (AvgIpc) is 3.19. The molecule has 8 nitrogen and oxygen atoms in total. The average molecular weight is 437 g/mol. The summed E-state index contributed by atoms with van der Waals surface area (Å²) < 4.78 is 20.2. The molecule has 0 saturated heterocycles. The van der Waals surface area contributed by atoms with E-state index in [1.165, 1.54) is 19.2 Å². The minimum Gasteiger partial charge on any atom is -0.496 e. The van der Waals surface area contributed by atoms with Crippen molar-refractivity contribution in [3.8, 4) is 11.4 Å². The van der Waals surface area contributed by atoms with Crippen LogP contribution in [0.15, 0.2) is 42.5 Å². The van der Waals surface area contributed by atoms with Gasteiger partial charge in [-0.05, 0) is 42.3 Å². The van der Waals surface area contributed by atoms with E-state index in [0.717, 1.165) is 30.3 Å². The van der Waals surface area contributed by atoms with E-state index in [9.17, 15) is 14.0 Å². The Labute approximate surface area is 184 Å². The van der Waals surface area contributed by atoms with Crippen LogP contribution in [-0.2, 0) is 6.54 Å². The van der Waals surface area contributed by atoms with E-state index in [4.69, 9.17) is 10.5 Å². The number of fused-ring (bicyclic) bond motifs is 1. The molecule has 2 heterocycles. The highest BCUT2D eigenvalue weighted by atomic mass is 19.1. The highest BCUT2D eigenvalue weighted by molar-refractivity contribution is 5.98. The summed E-state index contributed by atoms with van der Waals surface area (Å²) in [5.74, 6) is -0.998. The Bertz CT molecular complexity index is 1170. The van der Waals surface area contributed by atoms with Gasteiger partial charge in [0.1, 0.15) is 11.6 Å². The first kappa shape index (κ1) is 21.4. The minimum atomic E-state index is -0.555. The Kier molecular flexibility index (Phi) is 5.81. The van der Waals surface area contributed by atoms with Gasteiger partial charge in [0, 0.05) is 19.0 Å². The molecule has 32 heavy (non-hydrogen) atoms. The molecular weight excluding hydrogens is 413 g/mol. The highest BCUT2D eigenvalue weighted by Crippen LogP contribution is 2.34. The van der Waals surface area contributed by atoms with Crippen molar-refractivity contribution >= 4 is 17.5 Å². The fourth-order valence-corrected chi connectivity index (χ4v) is 3.81. The van der Waals surface area contributed by atoms with E-state index >= 15 is 0 Å². The van der Waals surface area contributed by atoms with E-state index in [1.807, 2.05) is 12.1 Å². The van der Waals surface area contributed by atoms with E-state index in [1.54, 1.807) is 16.8 Å². The van der Waals surface area contributed by atoms with Gasteiger partial charge in [-0.1, -0.05) is 19.1 Å². The molecule has 1 aliphatic heterocycles. The number of nitrogens with two attached hydrogens (primary N) is 1. The predicted molar refractivity (Wildman–Crippen MR) is 118 cm³/mol. The Morgan fingerprint density at radius 2 is 2.03 bits per heavy atom. The third kappa shape index (κ3) is 4.01. The topological polar surface area (TPSA) is 111 Å². The normalized spacial score (nSPS) is 14.9. The molecule has 1 unspecified atom stereocenters. The molecular formula is C23H24FN5O3. The number of benzene rings is 2. The highest BCUT2D eigenvalue weighted by Gasteiger charge is 2.28. The second-order valence-electron chi connectivity index (χ2n) is 7.70. The first-order valence-corrected chi connectivity index (χ1v) is 10.3. The summed E-state index contributed by atoms with van der Waals surface area (Å²) in [6.45, 7) is 3.06. The summed E-state index contributed by atoms with van der Waals surface area (Å²) in [5, 5.41) is 10.6. The molecule has 0 fully saturated rings. The van der Waals surface area contributed by atoms with Crippen LogP contribution in [0.25, 0.3) is 5.69 Å². The van der Waals surface area contributed by atoms with Crippen LogP contribution in [0.2, 0.25) is 0 Å². The second-order valence-corrected chi connectivity index (χ2v) is 7.70. The van der Waals surface area contributed by atoms with Gasteiger partial charge in [0.25, 0.3) is 11.8 Å². The zero-order valence-corrected chi connectivity index (χ0v) is 17.8. The summed E-state index contributed by atoms with van der Waals surface area (Å²) in [4.78, 5) is 24.6. The SMILES string of the molecule is COc1ccc(F)cc1C(=O)NCc1ccc(-n2nc3c(c2C(N)=O)NCCC3C)cc1. The van der Waals surface area contributed by atoms with Crippen LogP contribution in [0.1, 0.15) is 51.4 Å². The number of aromatic nitrogens is 2. The van der Waals surface area contributed by atoms with Gasteiger partial charge in [-0.3, -0.25) is 9.59 Å². The summed E-state index contributed by atoms with van der Waals surface area (Å²) in [6.07, 6.45) is 0.928. The van der Waals surface area contributed by atoms with E-state index in [0.29, 0.717) is 22.8 Å². The molecule has 0 radical (unpaired) electrons. The molecule has 0 spiro atoms. The van der Waals surface area contributed by atoms with Crippen LogP contribution in [0.4, 0.5) is 10.1 Å². The summed E-state index contributed by atoms with van der Waals surface area (Å²) in [7, 11) is 1.42. The molecule has 0 bridgehead atoms. The number of rotatable bonds is 6. The predicted octanol–water partition coefficient (Wildman–Crippen LogP) is 2.97. The maximum Gasteiger partial charge on any atom is 0.269 e. The molecule has 0 aliphatic carbocycles. The fourth-order valence-electron chi connectivity index (χ4n) is 3.81. The largest absolute Gasteiger partial charge is 0.496 e. The molecule has 9 heteroatoms. The van der Waals surface area contributed by atoms with Crippen molar-refractivity contribution in [3.05, 3.63) is 70.8 Å². The maximum atomic E-state index is 13.5. The van der Waals surface area contributed by atoms with Gasteiger partial charge in [0.2, 0.25) is 0 Å². The second kappa shape index (κ2) is 8.70. The first-order chi connectivity index (χ1) is 15.4. The van der Waals surface area contributed by atoms with Gasteiger partial charge in [-0.2, -0.15) is 5.10 Å². The van der Waals surface area contributed by atoms with Gasteiger partial charge in [0.05, 0.1) is 29.7 Å². The Hall–Kier alpha value is -3.88. The van der Waals surface area contributed by atoms with Crippen LogP contribution >= 0.6 is 0 Å². The zero-order valence-electron chi connectivity index (χ0n) is 17.8. The number of ether oxygens (including phenoxy) is 1. The third-order valence-corrected chi connectivity index (χ3v) is 5.53. The number of hydrogen-bond acceptors (Lipinski definition) is 5. The van der Waals surface area contributed by atoms with Crippen LogP contribution in [-0.4, -0.2) is 35.2 Å². The molecule has 2 aromatic carbocycles. The molecule has 3 aromatic rings. The summed E-state index contributed by atoms with van der Waals surface area (Å²) in [6, 6.07) is 11.0.